The van der Waals surface area contributed by atoms with E-state index in [2.05, 4.69) is 22.2 Å². The molecule has 0 spiro atoms. The van der Waals surface area contributed by atoms with Gasteiger partial charge in [-0.05, 0) is 20.3 Å². The summed E-state index contributed by atoms with van der Waals surface area (Å²) in [5.41, 5.74) is 0.839. The zero-order valence-electron chi connectivity index (χ0n) is 11.3. The van der Waals surface area contributed by atoms with Crippen LogP contribution in [0, 0.1) is 6.92 Å². The van der Waals surface area contributed by atoms with Gasteiger partial charge in [0.15, 0.2) is 0 Å². The molecule has 1 aromatic rings. The van der Waals surface area contributed by atoms with E-state index in [1.54, 1.807) is 6.26 Å². The van der Waals surface area contributed by atoms with Crippen LogP contribution in [0.25, 0.3) is 0 Å². The van der Waals surface area contributed by atoms with Crippen molar-refractivity contribution in [2.45, 2.75) is 38.9 Å². The van der Waals surface area contributed by atoms with Gasteiger partial charge in [-0.25, -0.2) is 9.97 Å². The van der Waals surface area contributed by atoms with Crippen LogP contribution in [0.1, 0.15) is 31.7 Å². The van der Waals surface area contributed by atoms with Crippen LogP contribution in [0.5, 0.6) is 0 Å². The molecule has 0 fully saturated rings. The third-order valence-corrected chi connectivity index (χ3v) is 4.40. The number of anilines is 1. The topological polar surface area (TPSA) is 54.9 Å². The minimum atomic E-state index is -0.844. The first-order valence-electron chi connectivity index (χ1n) is 6.04. The van der Waals surface area contributed by atoms with Gasteiger partial charge in [0.05, 0.1) is 0 Å². The summed E-state index contributed by atoms with van der Waals surface area (Å²) in [5, 5.41) is 3.77. The molecule has 0 amide bonds. The molecule has 0 aliphatic rings. The second kappa shape index (κ2) is 7.04. The zero-order valence-corrected chi connectivity index (χ0v) is 12.9. The largest absolute Gasteiger partial charge is 0.369 e. The number of aryl methyl sites for hydroxylation is 1. The molecule has 0 radical (unpaired) electrons. The molecule has 102 valence electrons. The van der Waals surface area contributed by atoms with E-state index in [9.17, 15) is 4.21 Å². The van der Waals surface area contributed by atoms with Crippen LogP contribution >= 0.6 is 11.6 Å². The summed E-state index contributed by atoms with van der Waals surface area (Å²) in [4.78, 5) is 8.69. The number of halogens is 1. The van der Waals surface area contributed by atoms with Crippen LogP contribution < -0.4 is 5.32 Å². The van der Waals surface area contributed by atoms with E-state index in [0.29, 0.717) is 11.7 Å². The van der Waals surface area contributed by atoms with Crippen molar-refractivity contribution in [1.82, 2.24) is 9.97 Å². The molecule has 2 unspecified atom stereocenters. The Hall–Kier alpha value is -0.680. The summed E-state index contributed by atoms with van der Waals surface area (Å²) >= 11 is 6.08. The highest BCUT2D eigenvalue weighted by Gasteiger charge is 2.11. The minimum absolute atomic E-state index is 0.0766. The van der Waals surface area contributed by atoms with E-state index < -0.39 is 10.8 Å². The summed E-state index contributed by atoms with van der Waals surface area (Å²) in [5.74, 6) is 1.50. The highest BCUT2D eigenvalue weighted by atomic mass is 35.5. The number of rotatable bonds is 6. The zero-order chi connectivity index (χ0) is 13.7. The molecule has 0 aliphatic carbocycles. The average Bonchev–Trinajstić information content (AvgIpc) is 2.31. The summed E-state index contributed by atoms with van der Waals surface area (Å²) in [6.07, 6.45) is 3.49. The smallest absolute Gasteiger partial charge is 0.137 e. The van der Waals surface area contributed by atoms with Crippen molar-refractivity contribution in [2.75, 3.05) is 18.1 Å². The fraction of sp³-hybridized carbons (Fsp3) is 0.667. The van der Waals surface area contributed by atoms with Gasteiger partial charge in [0, 0.05) is 40.8 Å². The predicted molar refractivity (Wildman–Crippen MR) is 77.8 cm³/mol. The van der Waals surface area contributed by atoms with Gasteiger partial charge in [-0.3, -0.25) is 4.21 Å². The van der Waals surface area contributed by atoms with Gasteiger partial charge in [0.2, 0.25) is 0 Å². The first kappa shape index (κ1) is 15.4. The molecule has 0 saturated carbocycles. The van der Waals surface area contributed by atoms with Crippen molar-refractivity contribution < 1.29 is 4.21 Å². The standard InChI is InChI=1S/C12H20ClN3OS/c1-5-6-10-15-11(13)9(3)12(16-10)14-7-8(2)18(4)17/h8H,5-7H2,1-4H3,(H,14,15,16). The molecule has 4 nitrogen and oxygen atoms in total. The van der Waals surface area contributed by atoms with Gasteiger partial charge in [-0.1, -0.05) is 18.5 Å². The Labute approximate surface area is 116 Å². The molecule has 1 aromatic heterocycles. The highest BCUT2D eigenvalue weighted by molar-refractivity contribution is 7.84. The predicted octanol–water partition coefficient (Wildman–Crippen LogP) is 2.57. The molecule has 2 atom stereocenters. The molecule has 0 aliphatic heterocycles. The quantitative estimate of drug-likeness (QED) is 0.818. The highest BCUT2D eigenvalue weighted by Crippen LogP contribution is 2.20. The van der Waals surface area contributed by atoms with Crippen LogP contribution in [-0.2, 0) is 17.2 Å². The molecule has 18 heavy (non-hydrogen) atoms. The SMILES string of the molecule is CCCc1nc(Cl)c(C)c(NCC(C)S(C)=O)n1. The molecular weight excluding hydrogens is 270 g/mol. The molecule has 1 rings (SSSR count). The Balaban J connectivity index is 2.83. The van der Waals surface area contributed by atoms with E-state index in [4.69, 9.17) is 11.6 Å². The Kier molecular flexibility index (Phi) is 6.02. The summed E-state index contributed by atoms with van der Waals surface area (Å²) in [6.45, 7) is 6.51. The van der Waals surface area contributed by atoms with Crippen molar-refractivity contribution >= 4 is 28.2 Å². The van der Waals surface area contributed by atoms with Crippen LogP contribution in [0.3, 0.4) is 0 Å². The van der Waals surface area contributed by atoms with Gasteiger partial charge in [-0.2, -0.15) is 0 Å². The average molecular weight is 290 g/mol. The van der Waals surface area contributed by atoms with Crippen molar-refractivity contribution in [3.63, 3.8) is 0 Å². The first-order chi connectivity index (χ1) is 8.45. The van der Waals surface area contributed by atoms with E-state index in [1.807, 2.05) is 13.8 Å². The summed E-state index contributed by atoms with van der Waals surface area (Å²) < 4.78 is 11.3. The van der Waals surface area contributed by atoms with Gasteiger partial charge < -0.3 is 5.32 Å². The van der Waals surface area contributed by atoms with Gasteiger partial charge in [0.25, 0.3) is 0 Å². The molecule has 1 heterocycles. The maximum absolute atomic E-state index is 11.3. The third-order valence-electron chi connectivity index (χ3n) is 2.73. The van der Waals surface area contributed by atoms with Crippen LogP contribution in [0.4, 0.5) is 5.82 Å². The number of aromatic nitrogens is 2. The van der Waals surface area contributed by atoms with Gasteiger partial charge in [-0.15, -0.1) is 0 Å². The monoisotopic (exact) mass is 289 g/mol. The molecule has 0 bridgehead atoms. The van der Waals surface area contributed by atoms with E-state index >= 15 is 0 Å². The molecule has 0 saturated heterocycles. The normalized spacial score (nSPS) is 14.3. The van der Waals surface area contributed by atoms with Gasteiger partial charge >= 0.3 is 0 Å². The lowest BCUT2D eigenvalue weighted by atomic mass is 10.3. The third kappa shape index (κ3) is 4.21. The first-order valence-corrected chi connectivity index (χ1v) is 8.04. The van der Waals surface area contributed by atoms with Crippen LogP contribution in [-0.4, -0.2) is 32.2 Å². The second-order valence-electron chi connectivity index (χ2n) is 4.34. The number of nitrogens with zero attached hydrogens (tertiary/aromatic N) is 2. The van der Waals surface area contributed by atoms with Crippen LogP contribution in [0.15, 0.2) is 0 Å². The molecule has 6 heteroatoms. The number of hydrogen-bond acceptors (Lipinski definition) is 4. The molecule has 0 aromatic carbocycles. The van der Waals surface area contributed by atoms with E-state index in [0.717, 1.165) is 30.0 Å². The van der Waals surface area contributed by atoms with Crippen molar-refractivity contribution in [3.05, 3.63) is 16.5 Å². The van der Waals surface area contributed by atoms with Crippen molar-refractivity contribution in [3.8, 4) is 0 Å². The van der Waals surface area contributed by atoms with E-state index in [-0.39, 0.29) is 5.25 Å². The summed E-state index contributed by atoms with van der Waals surface area (Å²) in [6, 6.07) is 0. The fourth-order valence-electron chi connectivity index (χ4n) is 1.40. The lowest BCUT2D eigenvalue weighted by molar-refractivity contribution is 0.678. The second-order valence-corrected chi connectivity index (χ2v) is 6.50. The van der Waals surface area contributed by atoms with Crippen LogP contribution in [0.2, 0.25) is 5.15 Å². The summed E-state index contributed by atoms with van der Waals surface area (Å²) in [7, 11) is -0.844. The fourth-order valence-corrected chi connectivity index (χ4v) is 1.90. The van der Waals surface area contributed by atoms with Crippen molar-refractivity contribution in [2.24, 2.45) is 0 Å². The Morgan fingerprint density at radius 1 is 1.44 bits per heavy atom. The molecular formula is C12H20ClN3OS. The Bertz CT molecular complexity index is 440. The lowest BCUT2D eigenvalue weighted by Gasteiger charge is -2.13. The number of hydrogen-bond donors (Lipinski definition) is 1. The maximum atomic E-state index is 11.3. The Morgan fingerprint density at radius 2 is 2.11 bits per heavy atom. The minimum Gasteiger partial charge on any atom is -0.369 e. The Morgan fingerprint density at radius 3 is 2.67 bits per heavy atom. The van der Waals surface area contributed by atoms with E-state index in [1.165, 1.54) is 0 Å². The van der Waals surface area contributed by atoms with Gasteiger partial charge in [0.1, 0.15) is 16.8 Å². The maximum Gasteiger partial charge on any atom is 0.137 e. The molecule has 1 N–H and O–H groups in total. The lowest BCUT2D eigenvalue weighted by Crippen LogP contribution is -2.22. The van der Waals surface area contributed by atoms with Crippen molar-refractivity contribution in [1.29, 1.82) is 0 Å². The number of nitrogens with one attached hydrogen (secondary N) is 1.